The van der Waals surface area contributed by atoms with Gasteiger partial charge >= 0.3 is 6.18 Å². The molecule has 1 saturated carbocycles. The number of hydrogen-bond acceptors (Lipinski definition) is 4. The molecule has 0 aromatic heterocycles. The van der Waals surface area contributed by atoms with Crippen LogP contribution >= 0.6 is 0 Å². The summed E-state index contributed by atoms with van der Waals surface area (Å²) in [6.45, 7) is 0.202. The summed E-state index contributed by atoms with van der Waals surface area (Å²) in [6.07, 6.45) is -3.01. The van der Waals surface area contributed by atoms with Crippen LogP contribution in [0.4, 0.5) is 13.2 Å². The molecular weight excluding hydrogens is 385 g/mol. The second-order valence-corrected chi connectivity index (χ2v) is 8.90. The van der Waals surface area contributed by atoms with Gasteiger partial charge in [-0.3, -0.25) is 4.79 Å². The Kier molecular flexibility index (Phi) is 6.10. The van der Waals surface area contributed by atoms with Crippen molar-refractivity contribution in [3.05, 3.63) is 23.8 Å². The third-order valence-corrected chi connectivity index (χ3v) is 6.41. The van der Waals surface area contributed by atoms with Crippen LogP contribution < -0.4 is 4.74 Å². The number of nitrogens with zero attached hydrogens (tertiary/aromatic N) is 2. The number of ether oxygens (including phenoxy) is 1. The smallest absolute Gasteiger partial charge is 0.406 e. The zero-order valence-corrected chi connectivity index (χ0v) is 16.4. The third kappa shape index (κ3) is 4.92. The fraction of sp³-hybridized carbons (Fsp3) is 0.588. The van der Waals surface area contributed by atoms with Gasteiger partial charge < -0.3 is 9.64 Å². The molecule has 0 spiro atoms. The molecule has 0 saturated heterocycles. The van der Waals surface area contributed by atoms with Crippen molar-refractivity contribution in [2.75, 3.05) is 27.7 Å². The van der Waals surface area contributed by atoms with Gasteiger partial charge in [-0.15, -0.1) is 0 Å². The number of alkyl halides is 3. The summed E-state index contributed by atoms with van der Waals surface area (Å²) in [4.78, 5) is 13.3. The van der Waals surface area contributed by atoms with Crippen LogP contribution in [0.3, 0.4) is 0 Å². The van der Waals surface area contributed by atoms with Crippen LogP contribution in [-0.2, 0) is 10.0 Å². The van der Waals surface area contributed by atoms with E-state index in [1.54, 1.807) is 6.92 Å². The lowest BCUT2D eigenvalue weighted by Crippen LogP contribution is -2.45. The number of sulfonamides is 1. The lowest BCUT2D eigenvalue weighted by Gasteiger charge is -2.30. The predicted molar refractivity (Wildman–Crippen MR) is 93.1 cm³/mol. The average molecular weight is 408 g/mol. The van der Waals surface area contributed by atoms with E-state index in [1.807, 2.05) is 0 Å². The first-order chi connectivity index (χ1) is 12.4. The van der Waals surface area contributed by atoms with Gasteiger partial charge in [-0.2, -0.15) is 13.2 Å². The highest BCUT2D eigenvalue weighted by Crippen LogP contribution is 2.37. The molecule has 10 heteroatoms. The molecule has 1 fully saturated rings. The van der Waals surface area contributed by atoms with E-state index >= 15 is 0 Å². The number of hydrogen-bond donors (Lipinski definition) is 0. The fourth-order valence-electron chi connectivity index (χ4n) is 2.80. The molecule has 0 heterocycles. The molecular formula is C17H23F3N2O4S. The summed E-state index contributed by atoms with van der Waals surface area (Å²) in [7, 11) is -0.0432. The van der Waals surface area contributed by atoms with Crippen LogP contribution in [0.5, 0.6) is 5.75 Å². The van der Waals surface area contributed by atoms with Crippen molar-refractivity contribution in [2.24, 2.45) is 5.92 Å². The number of halogens is 3. The minimum absolute atomic E-state index is 0.0119. The molecule has 0 N–H and O–H groups in total. The highest BCUT2D eigenvalue weighted by molar-refractivity contribution is 7.89. The topological polar surface area (TPSA) is 66.9 Å². The van der Waals surface area contributed by atoms with Gasteiger partial charge in [-0.05, 0) is 43.9 Å². The van der Waals surface area contributed by atoms with E-state index in [1.165, 1.54) is 33.3 Å². The Morgan fingerprint density at radius 3 is 2.33 bits per heavy atom. The number of benzene rings is 1. The quantitative estimate of drug-likeness (QED) is 0.696. The predicted octanol–water partition coefficient (Wildman–Crippen LogP) is 2.75. The SMILES string of the molecule is COc1ccc(C(=O)N(CC(F)(F)F)C(C)C2CC2)cc1S(=O)(=O)N(C)C. The summed E-state index contributed by atoms with van der Waals surface area (Å²) in [5, 5.41) is 0. The zero-order chi connectivity index (χ0) is 20.6. The number of methoxy groups -OCH3 is 1. The van der Waals surface area contributed by atoms with Gasteiger partial charge in [-0.25, -0.2) is 12.7 Å². The van der Waals surface area contributed by atoms with E-state index in [4.69, 9.17) is 4.74 Å². The largest absolute Gasteiger partial charge is 0.495 e. The van der Waals surface area contributed by atoms with Gasteiger partial charge in [-0.1, -0.05) is 0 Å². The summed E-state index contributed by atoms with van der Waals surface area (Å²) in [6, 6.07) is 3.03. The summed E-state index contributed by atoms with van der Waals surface area (Å²) < 4.78 is 70.0. The van der Waals surface area contributed by atoms with Crippen molar-refractivity contribution in [1.29, 1.82) is 0 Å². The van der Waals surface area contributed by atoms with Crippen LogP contribution in [-0.4, -0.2) is 63.5 Å². The van der Waals surface area contributed by atoms with Gasteiger partial charge in [0.2, 0.25) is 10.0 Å². The molecule has 1 aliphatic carbocycles. The molecule has 0 bridgehead atoms. The molecule has 1 amide bonds. The molecule has 1 atom stereocenters. The zero-order valence-electron chi connectivity index (χ0n) is 15.6. The Hall–Kier alpha value is -1.81. The first-order valence-corrected chi connectivity index (χ1v) is 9.80. The molecule has 27 heavy (non-hydrogen) atoms. The number of carbonyl (C=O) groups is 1. The highest BCUT2D eigenvalue weighted by Gasteiger charge is 2.41. The van der Waals surface area contributed by atoms with Gasteiger partial charge in [0.1, 0.15) is 17.2 Å². The molecule has 6 nitrogen and oxygen atoms in total. The summed E-state index contributed by atoms with van der Waals surface area (Å²) in [5.74, 6) is -0.818. The fourth-order valence-corrected chi connectivity index (χ4v) is 3.88. The highest BCUT2D eigenvalue weighted by atomic mass is 32.2. The van der Waals surface area contributed by atoms with Gasteiger partial charge in [0.05, 0.1) is 7.11 Å². The summed E-state index contributed by atoms with van der Waals surface area (Å²) in [5.41, 5.74) is -0.132. The Balaban J connectivity index is 2.46. The van der Waals surface area contributed by atoms with Crippen LogP contribution in [0, 0.1) is 5.92 Å². The van der Waals surface area contributed by atoms with E-state index in [9.17, 15) is 26.4 Å². The molecule has 1 aliphatic rings. The van der Waals surface area contributed by atoms with Gasteiger partial charge in [0.25, 0.3) is 5.91 Å². The molecule has 2 rings (SSSR count). The van der Waals surface area contributed by atoms with E-state index in [0.29, 0.717) is 0 Å². The minimum Gasteiger partial charge on any atom is -0.495 e. The Morgan fingerprint density at radius 1 is 1.30 bits per heavy atom. The van der Waals surface area contributed by atoms with Crippen molar-refractivity contribution in [1.82, 2.24) is 9.21 Å². The van der Waals surface area contributed by atoms with E-state index in [0.717, 1.165) is 28.1 Å². The number of rotatable bonds is 7. The van der Waals surface area contributed by atoms with Crippen molar-refractivity contribution >= 4 is 15.9 Å². The van der Waals surface area contributed by atoms with Crippen molar-refractivity contribution in [3.63, 3.8) is 0 Å². The number of carbonyl (C=O) groups excluding carboxylic acids is 1. The first-order valence-electron chi connectivity index (χ1n) is 8.36. The molecule has 1 unspecified atom stereocenters. The van der Waals surface area contributed by atoms with Crippen LogP contribution in [0.1, 0.15) is 30.1 Å². The van der Waals surface area contributed by atoms with E-state index in [2.05, 4.69) is 0 Å². The van der Waals surface area contributed by atoms with E-state index < -0.39 is 34.7 Å². The maximum atomic E-state index is 13.0. The first kappa shape index (κ1) is 21.5. The maximum absolute atomic E-state index is 13.0. The molecule has 1 aromatic rings. The van der Waals surface area contributed by atoms with Crippen LogP contribution in [0.2, 0.25) is 0 Å². The van der Waals surface area contributed by atoms with E-state index in [-0.39, 0.29) is 22.1 Å². The summed E-state index contributed by atoms with van der Waals surface area (Å²) >= 11 is 0. The third-order valence-electron chi connectivity index (χ3n) is 4.58. The second-order valence-electron chi connectivity index (χ2n) is 6.78. The van der Waals surface area contributed by atoms with Gasteiger partial charge in [0.15, 0.2) is 0 Å². The Labute approximate surface area is 156 Å². The average Bonchev–Trinajstić information content (AvgIpc) is 3.42. The molecule has 0 aliphatic heterocycles. The Bertz CT molecular complexity index is 805. The second kappa shape index (κ2) is 7.67. The van der Waals surface area contributed by atoms with Crippen LogP contribution in [0.25, 0.3) is 0 Å². The van der Waals surface area contributed by atoms with Crippen molar-refractivity contribution < 1.29 is 31.1 Å². The monoisotopic (exact) mass is 408 g/mol. The standard InChI is InChI=1S/C17H23F3N2O4S/c1-11(12-5-6-12)22(10-17(18,19)20)16(23)13-7-8-14(26-4)15(9-13)27(24,25)21(2)3/h7-9,11-12H,5-6,10H2,1-4H3. The van der Waals surface area contributed by atoms with Crippen molar-refractivity contribution in [2.45, 2.75) is 36.9 Å². The molecule has 152 valence electrons. The maximum Gasteiger partial charge on any atom is 0.406 e. The lowest BCUT2D eigenvalue weighted by molar-refractivity contribution is -0.144. The number of amides is 1. The van der Waals surface area contributed by atoms with Gasteiger partial charge in [0, 0.05) is 25.7 Å². The normalized spacial score (nSPS) is 16.3. The van der Waals surface area contributed by atoms with Crippen molar-refractivity contribution in [3.8, 4) is 5.75 Å². The molecule has 1 aromatic carbocycles. The minimum atomic E-state index is -4.55. The molecule has 0 radical (unpaired) electrons. The van der Waals surface area contributed by atoms with Crippen LogP contribution in [0.15, 0.2) is 23.1 Å². The Morgan fingerprint density at radius 2 is 1.89 bits per heavy atom. The lowest BCUT2D eigenvalue weighted by atomic mass is 10.1.